The summed E-state index contributed by atoms with van der Waals surface area (Å²) in [5.74, 6) is -2.16. The highest BCUT2D eigenvalue weighted by atomic mass is 16.6. The van der Waals surface area contributed by atoms with Gasteiger partial charge >= 0.3 is 12.1 Å². The number of rotatable bonds is 6. The third-order valence-electron chi connectivity index (χ3n) is 4.00. The summed E-state index contributed by atoms with van der Waals surface area (Å²) in [6.07, 6.45) is -0.888. The molecule has 28 heavy (non-hydrogen) atoms. The molecule has 0 saturated carbocycles. The summed E-state index contributed by atoms with van der Waals surface area (Å²) in [6.45, 7) is 1.47. The predicted molar refractivity (Wildman–Crippen MR) is 96.5 cm³/mol. The second kappa shape index (κ2) is 9.49. The fraction of sp³-hybridized carbons (Fsp3) is 0.389. The first-order valence-electron chi connectivity index (χ1n) is 8.58. The van der Waals surface area contributed by atoms with E-state index in [1.165, 1.54) is 6.92 Å². The molecule has 10 nitrogen and oxygen atoms in total. The summed E-state index contributed by atoms with van der Waals surface area (Å²) in [5, 5.41) is 4.24. The van der Waals surface area contributed by atoms with Crippen molar-refractivity contribution in [1.29, 1.82) is 0 Å². The number of benzene rings is 1. The largest absolute Gasteiger partial charge is 0.453 e. The molecule has 0 spiro atoms. The number of nitrogens with one attached hydrogen (secondary N) is 2. The molecule has 1 aliphatic heterocycles. The van der Waals surface area contributed by atoms with Crippen LogP contribution in [0.1, 0.15) is 30.1 Å². The van der Waals surface area contributed by atoms with Crippen LogP contribution in [0.15, 0.2) is 24.3 Å². The maximum absolute atomic E-state index is 12.1. The normalized spacial score (nSPS) is 14.2. The van der Waals surface area contributed by atoms with Crippen molar-refractivity contribution in [2.45, 2.75) is 25.9 Å². The first-order valence-corrected chi connectivity index (χ1v) is 8.58. The minimum Gasteiger partial charge on any atom is -0.453 e. The summed E-state index contributed by atoms with van der Waals surface area (Å²) in [7, 11) is 1.09. The van der Waals surface area contributed by atoms with E-state index >= 15 is 0 Å². The molecular weight excluding hydrogens is 370 g/mol. The Labute approximate surface area is 161 Å². The third kappa shape index (κ3) is 5.53. The minimum atomic E-state index is -1.24. The van der Waals surface area contributed by atoms with E-state index in [-0.39, 0.29) is 5.91 Å². The zero-order valence-electron chi connectivity index (χ0n) is 15.5. The molecule has 0 unspecified atom stereocenters. The second-order valence-corrected chi connectivity index (χ2v) is 5.99. The number of amides is 4. The van der Waals surface area contributed by atoms with Crippen molar-refractivity contribution in [2.75, 3.05) is 25.1 Å². The van der Waals surface area contributed by atoms with Crippen LogP contribution in [-0.2, 0) is 23.9 Å². The molecule has 1 heterocycles. The van der Waals surface area contributed by atoms with Gasteiger partial charge in [0.2, 0.25) is 5.91 Å². The number of nitrogens with zero attached hydrogens (tertiary/aromatic N) is 1. The fourth-order valence-electron chi connectivity index (χ4n) is 2.51. The molecule has 1 atom stereocenters. The van der Waals surface area contributed by atoms with Gasteiger partial charge in [-0.3, -0.25) is 24.5 Å². The van der Waals surface area contributed by atoms with Gasteiger partial charge in [0.15, 0.2) is 6.10 Å². The molecule has 0 aliphatic carbocycles. The first kappa shape index (κ1) is 20.9. The number of hydrogen-bond donors (Lipinski definition) is 2. The molecule has 2 N–H and O–H groups in total. The number of ether oxygens (including phenoxy) is 2. The van der Waals surface area contributed by atoms with Crippen molar-refractivity contribution < 1.29 is 33.4 Å². The summed E-state index contributed by atoms with van der Waals surface area (Å²) < 4.78 is 9.09. The summed E-state index contributed by atoms with van der Waals surface area (Å²) in [5.41, 5.74) is 1.02. The molecule has 1 fully saturated rings. The number of alkyl carbamates (subject to hydrolysis) is 1. The Hall–Kier alpha value is -3.43. The molecule has 0 bridgehead atoms. The van der Waals surface area contributed by atoms with Gasteiger partial charge < -0.3 is 19.7 Å². The number of imide groups is 1. The number of anilines is 1. The van der Waals surface area contributed by atoms with Crippen LogP contribution in [0.4, 0.5) is 10.5 Å². The topological polar surface area (TPSA) is 131 Å². The number of esters is 1. The average molecular weight is 391 g/mol. The highest BCUT2D eigenvalue weighted by molar-refractivity contribution is 5.99. The molecular formula is C18H21N3O7. The van der Waals surface area contributed by atoms with Gasteiger partial charge in [0, 0.05) is 24.2 Å². The van der Waals surface area contributed by atoms with E-state index in [1.54, 1.807) is 29.2 Å². The smallest absolute Gasteiger partial charge is 0.413 e. The zero-order chi connectivity index (χ0) is 20.7. The van der Waals surface area contributed by atoms with Crippen molar-refractivity contribution in [3.8, 4) is 0 Å². The van der Waals surface area contributed by atoms with Gasteiger partial charge in [0.05, 0.1) is 7.11 Å². The molecule has 10 heteroatoms. The van der Waals surface area contributed by atoms with E-state index in [1.807, 2.05) is 5.32 Å². The lowest BCUT2D eigenvalue weighted by Gasteiger charge is -2.16. The van der Waals surface area contributed by atoms with Gasteiger partial charge in [-0.2, -0.15) is 0 Å². The lowest BCUT2D eigenvalue weighted by atomic mass is 10.2. The van der Waals surface area contributed by atoms with Gasteiger partial charge in [-0.25, -0.2) is 4.79 Å². The quantitative estimate of drug-likeness (QED) is 0.669. The molecule has 1 aromatic rings. The van der Waals surface area contributed by atoms with Gasteiger partial charge in [-0.05, 0) is 37.6 Å². The minimum absolute atomic E-state index is 0.0466. The summed E-state index contributed by atoms with van der Waals surface area (Å²) in [4.78, 5) is 59.7. The van der Waals surface area contributed by atoms with Crippen molar-refractivity contribution in [2.24, 2.45) is 0 Å². The van der Waals surface area contributed by atoms with Crippen molar-refractivity contribution in [3.63, 3.8) is 0 Å². The Morgan fingerprint density at radius 2 is 1.86 bits per heavy atom. The molecule has 1 saturated heterocycles. The molecule has 4 amide bonds. The van der Waals surface area contributed by atoms with E-state index in [0.29, 0.717) is 24.2 Å². The Morgan fingerprint density at radius 1 is 1.18 bits per heavy atom. The average Bonchev–Trinajstić information content (AvgIpc) is 3.11. The van der Waals surface area contributed by atoms with Gasteiger partial charge in [0.1, 0.15) is 6.54 Å². The van der Waals surface area contributed by atoms with Crippen LogP contribution >= 0.6 is 0 Å². The molecule has 2 rings (SSSR count). The Balaban J connectivity index is 1.81. The predicted octanol–water partition coefficient (Wildman–Crippen LogP) is 0.357. The highest BCUT2D eigenvalue weighted by Gasteiger charge is 2.22. The number of methoxy groups -OCH3 is 1. The molecule has 0 radical (unpaired) electrons. The van der Waals surface area contributed by atoms with Crippen LogP contribution in [0, 0.1) is 0 Å². The molecule has 1 aliphatic rings. The molecule has 150 valence electrons. The maximum atomic E-state index is 12.1. The second-order valence-electron chi connectivity index (χ2n) is 5.99. The SMILES string of the molecule is COC(=O)NC(=O)[C@@H](C)OC(=O)CNC(=O)c1ccc(N2CCCC2=O)cc1. The number of hydrogen-bond acceptors (Lipinski definition) is 7. The Bertz CT molecular complexity index is 776. The highest BCUT2D eigenvalue weighted by Crippen LogP contribution is 2.21. The monoisotopic (exact) mass is 391 g/mol. The van der Waals surface area contributed by atoms with E-state index in [4.69, 9.17) is 4.74 Å². The summed E-state index contributed by atoms with van der Waals surface area (Å²) in [6, 6.07) is 6.42. The molecule has 1 aromatic carbocycles. The van der Waals surface area contributed by atoms with Crippen LogP contribution in [0.5, 0.6) is 0 Å². The Kier molecular flexibility index (Phi) is 7.08. The standard InChI is InChI=1S/C18H21N3O7/c1-11(16(24)20-18(26)27-2)28-15(23)10-19-17(25)12-5-7-13(8-6-12)21-9-3-4-14(21)22/h5-8,11H,3-4,9-10H2,1-2H3,(H,19,25)(H,20,24,26)/t11-/m1/s1. The van der Waals surface area contributed by atoms with E-state index in [9.17, 15) is 24.0 Å². The Morgan fingerprint density at radius 3 is 2.43 bits per heavy atom. The number of carbonyl (C=O) groups excluding carboxylic acids is 5. The van der Waals surface area contributed by atoms with Gasteiger partial charge in [0.25, 0.3) is 11.8 Å². The lowest BCUT2D eigenvalue weighted by Crippen LogP contribution is -2.41. The van der Waals surface area contributed by atoms with Gasteiger partial charge in [-0.15, -0.1) is 0 Å². The molecule has 0 aromatic heterocycles. The van der Waals surface area contributed by atoms with Crippen LogP contribution in [0.3, 0.4) is 0 Å². The van der Waals surface area contributed by atoms with Gasteiger partial charge in [-0.1, -0.05) is 0 Å². The van der Waals surface area contributed by atoms with Crippen molar-refractivity contribution >= 4 is 35.5 Å². The lowest BCUT2D eigenvalue weighted by molar-refractivity contribution is -0.153. The van der Waals surface area contributed by atoms with Crippen molar-refractivity contribution in [3.05, 3.63) is 29.8 Å². The van der Waals surface area contributed by atoms with Crippen LogP contribution < -0.4 is 15.5 Å². The number of carbonyl (C=O) groups is 5. The zero-order valence-corrected chi connectivity index (χ0v) is 15.5. The third-order valence-corrected chi connectivity index (χ3v) is 4.00. The van der Waals surface area contributed by atoms with Crippen molar-refractivity contribution in [1.82, 2.24) is 10.6 Å². The van der Waals surface area contributed by atoms with Crippen LogP contribution in [0.25, 0.3) is 0 Å². The van der Waals surface area contributed by atoms with E-state index < -0.39 is 36.5 Å². The van der Waals surface area contributed by atoms with Crippen LogP contribution in [0.2, 0.25) is 0 Å². The van der Waals surface area contributed by atoms with E-state index in [2.05, 4.69) is 10.1 Å². The van der Waals surface area contributed by atoms with E-state index in [0.717, 1.165) is 13.5 Å². The first-order chi connectivity index (χ1) is 13.3. The maximum Gasteiger partial charge on any atom is 0.413 e. The summed E-state index contributed by atoms with van der Waals surface area (Å²) >= 11 is 0. The fourth-order valence-corrected chi connectivity index (χ4v) is 2.51. The van der Waals surface area contributed by atoms with Crippen LogP contribution in [-0.4, -0.2) is 56.1 Å².